The quantitative estimate of drug-likeness (QED) is 0.739. The number of likely N-dealkylation sites (tertiary alicyclic amines) is 1. The second-order valence-electron chi connectivity index (χ2n) is 3.27. The van der Waals surface area contributed by atoms with Crippen LogP contribution in [0.5, 0.6) is 0 Å². The van der Waals surface area contributed by atoms with Crippen molar-refractivity contribution >= 4 is 22.9 Å². The summed E-state index contributed by atoms with van der Waals surface area (Å²) in [6.07, 6.45) is 1.13. The highest BCUT2D eigenvalue weighted by Gasteiger charge is 2.23. The molecule has 2 heterocycles. The number of thiophene rings is 1. The zero-order chi connectivity index (χ0) is 9.42. The second kappa shape index (κ2) is 3.03. The Morgan fingerprint density at radius 3 is 2.69 bits per heavy atom. The number of carbonyl (C=O) groups is 1. The average molecular weight is 196 g/mol. The Bertz CT molecular complexity index is 322. The molecule has 0 saturated carbocycles. The molecule has 1 aromatic rings. The molecule has 0 aliphatic carbocycles. The summed E-state index contributed by atoms with van der Waals surface area (Å²) in [7, 11) is 0. The van der Waals surface area contributed by atoms with Crippen LogP contribution in [0.4, 0.5) is 5.69 Å². The van der Waals surface area contributed by atoms with Crippen molar-refractivity contribution in [2.24, 2.45) is 0 Å². The second-order valence-corrected chi connectivity index (χ2v) is 4.52. The van der Waals surface area contributed by atoms with Crippen molar-refractivity contribution in [1.29, 1.82) is 0 Å². The zero-order valence-electron chi connectivity index (χ0n) is 7.54. The lowest BCUT2D eigenvalue weighted by Gasteiger charge is -2.30. The van der Waals surface area contributed by atoms with E-state index in [4.69, 9.17) is 5.73 Å². The van der Waals surface area contributed by atoms with Crippen LogP contribution in [0.25, 0.3) is 0 Å². The van der Waals surface area contributed by atoms with Gasteiger partial charge in [-0.3, -0.25) is 4.79 Å². The van der Waals surface area contributed by atoms with Crippen LogP contribution in [0.15, 0.2) is 6.07 Å². The summed E-state index contributed by atoms with van der Waals surface area (Å²) in [6.45, 7) is 3.73. The molecule has 13 heavy (non-hydrogen) atoms. The molecule has 0 unspecified atom stereocenters. The summed E-state index contributed by atoms with van der Waals surface area (Å²) in [6, 6.07) is 1.78. The lowest BCUT2D eigenvalue weighted by atomic mass is 10.2. The van der Waals surface area contributed by atoms with E-state index in [2.05, 4.69) is 0 Å². The molecular formula is C9H12N2OS. The van der Waals surface area contributed by atoms with E-state index in [-0.39, 0.29) is 5.91 Å². The normalized spacial score (nSPS) is 15.6. The maximum absolute atomic E-state index is 11.7. The molecule has 1 aliphatic heterocycles. The molecule has 4 heteroatoms. The lowest BCUT2D eigenvalue weighted by molar-refractivity contribution is 0.0657. The van der Waals surface area contributed by atoms with Gasteiger partial charge in [-0.1, -0.05) is 0 Å². The molecule has 1 aliphatic rings. The van der Waals surface area contributed by atoms with Gasteiger partial charge in [-0.2, -0.15) is 0 Å². The van der Waals surface area contributed by atoms with Crippen LogP contribution in [0.2, 0.25) is 0 Å². The van der Waals surface area contributed by atoms with Crippen LogP contribution in [0, 0.1) is 6.92 Å². The number of amides is 1. The van der Waals surface area contributed by atoms with Gasteiger partial charge in [0.25, 0.3) is 5.91 Å². The van der Waals surface area contributed by atoms with E-state index in [1.54, 1.807) is 6.07 Å². The lowest BCUT2D eigenvalue weighted by Crippen LogP contribution is -2.41. The minimum Gasteiger partial charge on any atom is -0.398 e. The molecular weight excluding hydrogens is 184 g/mol. The number of aryl methyl sites for hydroxylation is 1. The fraction of sp³-hybridized carbons (Fsp3) is 0.444. The third-order valence-electron chi connectivity index (χ3n) is 2.31. The van der Waals surface area contributed by atoms with E-state index in [1.807, 2.05) is 11.8 Å². The van der Waals surface area contributed by atoms with Crippen molar-refractivity contribution in [1.82, 2.24) is 4.90 Å². The molecule has 1 saturated heterocycles. The Kier molecular flexibility index (Phi) is 2.00. The van der Waals surface area contributed by atoms with Crippen LogP contribution in [-0.4, -0.2) is 23.9 Å². The van der Waals surface area contributed by atoms with Crippen LogP contribution in [0.1, 0.15) is 21.0 Å². The highest BCUT2D eigenvalue weighted by Crippen LogP contribution is 2.25. The molecule has 2 N–H and O–H groups in total. The average Bonchev–Trinajstić information content (AvgIpc) is 2.28. The number of rotatable bonds is 1. The number of hydrogen-bond donors (Lipinski definition) is 1. The van der Waals surface area contributed by atoms with Crippen LogP contribution < -0.4 is 5.73 Å². The summed E-state index contributed by atoms with van der Waals surface area (Å²) in [5, 5.41) is 0. The standard InChI is InChI=1S/C9H12N2OS/c1-6-7(10)5-8(13-6)9(12)11-3-2-4-11/h5H,2-4,10H2,1H3. The van der Waals surface area contributed by atoms with Gasteiger partial charge in [-0.25, -0.2) is 0 Å². The Balaban J connectivity index is 2.19. The molecule has 0 aromatic carbocycles. The van der Waals surface area contributed by atoms with Crippen molar-refractivity contribution in [3.05, 3.63) is 15.8 Å². The summed E-state index contributed by atoms with van der Waals surface area (Å²) in [4.78, 5) is 15.3. The maximum Gasteiger partial charge on any atom is 0.264 e. The van der Waals surface area contributed by atoms with E-state index in [0.29, 0.717) is 0 Å². The van der Waals surface area contributed by atoms with Crippen molar-refractivity contribution in [2.75, 3.05) is 18.8 Å². The predicted molar refractivity (Wildman–Crippen MR) is 54.0 cm³/mol. The van der Waals surface area contributed by atoms with E-state index in [0.717, 1.165) is 35.0 Å². The molecule has 1 amide bonds. The predicted octanol–water partition coefficient (Wildman–Crippen LogP) is 1.48. The van der Waals surface area contributed by atoms with Crippen LogP contribution in [-0.2, 0) is 0 Å². The summed E-state index contributed by atoms with van der Waals surface area (Å²) in [5.74, 6) is 0.135. The molecule has 0 atom stereocenters. The first kappa shape index (κ1) is 8.56. The highest BCUT2D eigenvalue weighted by molar-refractivity contribution is 7.14. The van der Waals surface area contributed by atoms with Gasteiger partial charge < -0.3 is 10.6 Å². The van der Waals surface area contributed by atoms with Gasteiger partial charge in [-0.05, 0) is 19.4 Å². The Labute approximate surface area is 81.2 Å². The number of nitrogens with zero attached hydrogens (tertiary/aromatic N) is 1. The number of hydrogen-bond acceptors (Lipinski definition) is 3. The molecule has 70 valence electrons. The fourth-order valence-electron chi connectivity index (χ4n) is 1.28. The van der Waals surface area contributed by atoms with Gasteiger partial charge in [0.2, 0.25) is 0 Å². The van der Waals surface area contributed by atoms with Crippen molar-refractivity contribution < 1.29 is 4.79 Å². The first-order chi connectivity index (χ1) is 6.18. The van der Waals surface area contributed by atoms with Gasteiger partial charge >= 0.3 is 0 Å². The largest absolute Gasteiger partial charge is 0.398 e. The molecule has 1 fully saturated rings. The van der Waals surface area contributed by atoms with Gasteiger partial charge in [0, 0.05) is 23.7 Å². The van der Waals surface area contributed by atoms with Gasteiger partial charge in [-0.15, -0.1) is 11.3 Å². The molecule has 3 nitrogen and oxygen atoms in total. The van der Waals surface area contributed by atoms with Crippen molar-refractivity contribution in [3.8, 4) is 0 Å². The molecule has 0 radical (unpaired) electrons. The first-order valence-electron chi connectivity index (χ1n) is 4.33. The minimum absolute atomic E-state index is 0.135. The number of nitrogens with two attached hydrogens (primary N) is 1. The topological polar surface area (TPSA) is 46.3 Å². The van der Waals surface area contributed by atoms with Gasteiger partial charge in [0.1, 0.15) is 0 Å². The molecule has 2 rings (SSSR count). The molecule has 1 aromatic heterocycles. The Morgan fingerprint density at radius 2 is 2.31 bits per heavy atom. The summed E-state index contributed by atoms with van der Waals surface area (Å²) in [5.41, 5.74) is 6.41. The smallest absolute Gasteiger partial charge is 0.264 e. The molecule has 0 bridgehead atoms. The van der Waals surface area contributed by atoms with Crippen molar-refractivity contribution in [3.63, 3.8) is 0 Å². The third-order valence-corrected chi connectivity index (χ3v) is 3.36. The zero-order valence-corrected chi connectivity index (χ0v) is 8.36. The van der Waals surface area contributed by atoms with E-state index in [1.165, 1.54) is 11.3 Å². The SMILES string of the molecule is Cc1sc(C(=O)N2CCC2)cc1N. The fourth-order valence-corrected chi connectivity index (χ4v) is 2.19. The van der Waals surface area contributed by atoms with Gasteiger partial charge in [0.15, 0.2) is 0 Å². The Morgan fingerprint density at radius 1 is 1.62 bits per heavy atom. The molecule has 0 spiro atoms. The van der Waals surface area contributed by atoms with Crippen LogP contribution >= 0.6 is 11.3 Å². The third kappa shape index (κ3) is 1.42. The minimum atomic E-state index is 0.135. The van der Waals surface area contributed by atoms with E-state index >= 15 is 0 Å². The number of nitrogen functional groups attached to an aromatic ring is 1. The van der Waals surface area contributed by atoms with Crippen molar-refractivity contribution in [2.45, 2.75) is 13.3 Å². The monoisotopic (exact) mass is 196 g/mol. The Hall–Kier alpha value is -1.03. The summed E-state index contributed by atoms with van der Waals surface area (Å²) < 4.78 is 0. The number of anilines is 1. The van der Waals surface area contributed by atoms with Crippen LogP contribution in [0.3, 0.4) is 0 Å². The van der Waals surface area contributed by atoms with E-state index in [9.17, 15) is 4.79 Å². The first-order valence-corrected chi connectivity index (χ1v) is 5.15. The summed E-state index contributed by atoms with van der Waals surface area (Å²) >= 11 is 1.48. The van der Waals surface area contributed by atoms with E-state index < -0.39 is 0 Å². The number of carbonyl (C=O) groups excluding carboxylic acids is 1. The highest BCUT2D eigenvalue weighted by atomic mass is 32.1. The van der Waals surface area contributed by atoms with Gasteiger partial charge in [0.05, 0.1) is 4.88 Å². The maximum atomic E-state index is 11.7.